The van der Waals surface area contributed by atoms with Crippen LogP contribution in [-0.4, -0.2) is 22.7 Å². The van der Waals surface area contributed by atoms with Crippen molar-refractivity contribution < 1.29 is 5.11 Å². The maximum Gasteiger partial charge on any atom is 0.220 e. The van der Waals surface area contributed by atoms with Gasteiger partial charge in [0.1, 0.15) is 11.4 Å². The fourth-order valence-electron chi connectivity index (χ4n) is 3.92. The first kappa shape index (κ1) is 14.8. The van der Waals surface area contributed by atoms with Crippen LogP contribution in [0, 0.1) is 0 Å². The summed E-state index contributed by atoms with van der Waals surface area (Å²) in [6, 6.07) is 11.5. The summed E-state index contributed by atoms with van der Waals surface area (Å²) in [4.78, 5) is 10.7. The van der Waals surface area contributed by atoms with E-state index in [2.05, 4.69) is 9.98 Å². The second-order valence-corrected chi connectivity index (χ2v) is 6.47. The van der Waals surface area contributed by atoms with Gasteiger partial charge in [-0.2, -0.15) is 4.99 Å². The zero-order valence-corrected chi connectivity index (χ0v) is 13.4. The Hall–Kier alpha value is -2.76. The molecule has 2 aliphatic rings. The minimum absolute atomic E-state index is 0.174. The van der Waals surface area contributed by atoms with Gasteiger partial charge in [0.25, 0.3) is 0 Å². The first-order chi connectivity index (χ1) is 11.6. The van der Waals surface area contributed by atoms with Crippen molar-refractivity contribution in [1.82, 2.24) is 0 Å². The SMILES string of the molecule is NC1=NC2(CCCCC2)N(c2c(O)ccc3ccccc23)C(N)=N1. The van der Waals surface area contributed by atoms with E-state index in [0.717, 1.165) is 36.5 Å². The Morgan fingerprint density at radius 1 is 1.00 bits per heavy atom. The second kappa shape index (κ2) is 5.40. The van der Waals surface area contributed by atoms with E-state index in [9.17, 15) is 5.11 Å². The van der Waals surface area contributed by atoms with Gasteiger partial charge in [0.05, 0.1) is 5.69 Å². The van der Waals surface area contributed by atoms with Crippen LogP contribution in [0.2, 0.25) is 0 Å². The number of anilines is 1. The molecular weight excluding hydrogens is 302 g/mol. The number of hydrogen-bond donors (Lipinski definition) is 3. The number of rotatable bonds is 1. The Morgan fingerprint density at radius 2 is 1.75 bits per heavy atom. The largest absolute Gasteiger partial charge is 0.506 e. The topological polar surface area (TPSA) is 100 Å². The molecule has 0 radical (unpaired) electrons. The molecule has 0 aromatic heterocycles. The number of aliphatic imine (C=N–C) groups is 2. The van der Waals surface area contributed by atoms with Crippen LogP contribution in [0.25, 0.3) is 10.8 Å². The van der Waals surface area contributed by atoms with Gasteiger partial charge in [-0.1, -0.05) is 36.8 Å². The first-order valence-electron chi connectivity index (χ1n) is 8.31. The third-order valence-electron chi connectivity index (χ3n) is 4.95. The van der Waals surface area contributed by atoms with E-state index in [1.54, 1.807) is 6.07 Å². The molecule has 1 aliphatic carbocycles. The van der Waals surface area contributed by atoms with Crippen LogP contribution < -0.4 is 16.4 Å². The smallest absolute Gasteiger partial charge is 0.220 e. The predicted octanol–water partition coefficient (Wildman–Crippen LogP) is 2.66. The lowest BCUT2D eigenvalue weighted by atomic mass is 9.86. The number of guanidine groups is 2. The second-order valence-electron chi connectivity index (χ2n) is 6.47. The predicted molar refractivity (Wildman–Crippen MR) is 97.2 cm³/mol. The molecule has 0 unspecified atom stereocenters. The van der Waals surface area contributed by atoms with Gasteiger partial charge in [-0.25, -0.2) is 4.99 Å². The van der Waals surface area contributed by atoms with Crippen molar-refractivity contribution in [3.8, 4) is 5.75 Å². The average Bonchev–Trinajstić information content (AvgIpc) is 2.57. The molecule has 6 nitrogen and oxygen atoms in total. The van der Waals surface area contributed by atoms with Crippen LogP contribution in [-0.2, 0) is 0 Å². The average molecular weight is 323 g/mol. The number of hydrogen-bond acceptors (Lipinski definition) is 6. The third kappa shape index (κ3) is 2.18. The Morgan fingerprint density at radius 3 is 2.54 bits per heavy atom. The van der Waals surface area contributed by atoms with Crippen molar-refractivity contribution in [3.63, 3.8) is 0 Å². The fourth-order valence-corrected chi connectivity index (χ4v) is 3.92. The lowest BCUT2D eigenvalue weighted by Crippen LogP contribution is -2.58. The zero-order chi connectivity index (χ0) is 16.7. The van der Waals surface area contributed by atoms with Gasteiger partial charge < -0.3 is 16.6 Å². The molecule has 24 heavy (non-hydrogen) atoms. The van der Waals surface area contributed by atoms with Gasteiger partial charge in [-0.3, -0.25) is 4.90 Å². The molecule has 1 spiro atoms. The molecule has 1 heterocycles. The highest BCUT2D eigenvalue weighted by Gasteiger charge is 2.43. The summed E-state index contributed by atoms with van der Waals surface area (Å²) in [5.41, 5.74) is 12.3. The van der Waals surface area contributed by atoms with Crippen LogP contribution in [0.3, 0.4) is 0 Å². The van der Waals surface area contributed by atoms with Gasteiger partial charge in [-0.05, 0) is 37.1 Å². The van der Waals surface area contributed by atoms with Crippen LogP contribution in [0.1, 0.15) is 32.1 Å². The number of phenols is 1. The minimum atomic E-state index is -0.560. The van der Waals surface area contributed by atoms with Crippen LogP contribution in [0.15, 0.2) is 46.4 Å². The van der Waals surface area contributed by atoms with Gasteiger partial charge >= 0.3 is 0 Å². The maximum absolute atomic E-state index is 10.6. The molecule has 2 aromatic rings. The van der Waals surface area contributed by atoms with E-state index in [0.29, 0.717) is 5.69 Å². The third-order valence-corrected chi connectivity index (χ3v) is 4.95. The summed E-state index contributed by atoms with van der Waals surface area (Å²) in [6.07, 6.45) is 4.95. The number of aromatic hydroxyl groups is 1. The molecule has 0 bridgehead atoms. The van der Waals surface area contributed by atoms with Gasteiger partial charge in [0, 0.05) is 5.39 Å². The number of phenolic OH excluding ortho intramolecular Hbond substituents is 1. The summed E-state index contributed by atoms with van der Waals surface area (Å²) < 4.78 is 0. The van der Waals surface area contributed by atoms with E-state index < -0.39 is 5.66 Å². The van der Waals surface area contributed by atoms with Crippen molar-refractivity contribution in [2.24, 2.45) is 21.5 Å². The summed E-state index contributed by atoms with van der Waals surface area (Å²) in [7, 11) is 0. The molecule has 0 amide bonds. The molecule has 1 aliphatic heterocycles. The Labute approximate surface area is 140 Å². The van der Waals surface area contributed by atoms with Gasteiger partial charge in [0.2, 0.25) is 11.9 Å². The Kier molecular flexibility index (Phi) is 3.33. The monoisotopic (exact) mass is 323 g/mol. The molecular formula is C18H21N5O. The molecule has 2 aromatic carbocycles. The Balaban J connectivity index is 1.97. The zero-order valence-electron chi connectivity index (χ0n) is 13.4. The molecule has 6 heteroatoms. The van der Waals surface area contributed by atoms with Crippen molar-refractivity contribution in [2.75, 3.05) is 4.90 Å². The maximum atomic E-state index is 10.6. The summed E-state index contributed by atoms with van der Waals surface area (Å²) in [5, 5.41) is 12.6. The van der Waals surface area contributed by atoms with Crippen LogP contribution >= 0.6 is 0 Å². The molecule has 1 saturated carbocycles. The number of fused-ring (bicyclic) bond motifs is 1. The lowest BCUT2D eigenvalue weighted by Gasteiger charge is -2.46. The summed E-state index contributed by atoms with van der Waals surface area (Å²) in [5.74, 6) is 0.675. The molecule has 5 N–H and O–H groups in total. The molecule has 0 saturated heterocycles. The van der Waals surface area contributed by atoms with Crippen LogP contribution in [0.5, 0.6) is 5.75 Å². The summed E-state index contributed by atoms with van der Waals surface area (Å²) >= 11 is 0. The van der Waals surface area contributed by atoms with E-state index >= 15 is 0 Å². The molecule has 1 fully saturated rings. The van der Waals surface area contributed by atoms with Gasteiger partial charge in [0.15, 0.2) is 0 Å². The number of nitrogens with zero attached hydrogens (tertiary/aromatic N) is 3. The fraction of sp³-hybridized carbons (Fsp3) is 0.333. The van der Waals surface area contributed by atoms with Crippen molar-refractivity contribution in [2.45, 2.75) is 37.8 Å². The standard InChI is InChI=1S/C18H21N5O/c19-16-21-17(20)23(18(22-16)10-4-1-5-11-18)15-13-7-3-2-6-12(13)8-9-14(15)24/h2-3,6-9,24H,1,4-5,10-11H2,(H4,19,20,21,22). The highest BCUT2D eigenvalue weighted by Crippen LogP contribution is 2.45. The van der Waals surface area contributed by atoms with Crippen molar-refractivity contribution >= 4 is 28.4 Å². The molecule has 0 atom stereocenters. The lowest BCUT2D eigenvalue weighted by molar-refractivity contribution is 0.304. The van der Waals surface area contributed by atoms with E-state index in [4.69, 9.17) is 11.5 Å². The minimum Gasteiger partial charge on any atom is -0.506 e. The molecule has 124 valence electrons. The summed E-state index contributed by atoms with van der Waals surface area (Å²) in [6.45, 7) is 0. The van der Waals surface area contributed by atoms with Crippen molar-refractivity contribution in [3.05, 3.63) is 36.4 Å². The Bertz CT molecular complexity index is 852. The van der Waals surface area contributed by atoms with Crippen LogP contribution in [0.4, 0.5) is 5.69 Å². The van der Waals surface area contributed by atoms with E-state index in [-0.39, 0.29) is 17.7 Å². The number of benzene rings is 2. The highest BCUT2D eigenvalue weighted by atomic mass is 16.3. The first-order valence-corrected chi connectivity index (χ1v) is 8.31. The van der Waals surface area contributed by atoms with E-state index in [1.165, 1.54) is 6.42 Å². The van der Waals surface area contributed by atoms with Crippen molar-refractivity contribution in [1.29, 1.82) is 0 Å². The van der Waals surface area contributed by atoms with E-state index in [1.807, 2.05) is 35.2 Å². The highest BCUT2D eigenvalue weighted by molar-refractivity contribution is 6.11. The normalized spacial score (nSPS) is 20.1. The quantitative estimate of drug-likeness (QED) is 0.751. The number of nitrogens with two attached hydrogens (primary N) is 2. The van der Waals surface area contributed by atoms with Gasteiger partial charge in [-0.15, -0.1) is 0 Å². The molecule has 4 rings (SSSR count).